The van der Waals surface area contributed by atoms with Crippen LogP contribution >= 0.6 is 15.9 Å². The van der Waals surface area contributed by atoms with Crippen LogP contribution in [0.25, 0.3) is 0 Å². The number of amides is 1. The fourth-order valence-corrected chi connectivity index (χ4v) is 2.37. The average molecular weight is 297 g/mol. The van der Waals surface area contributed by atoms with Crippen molar-refractivity contribution < 1.29 is 9.53 Å². The first-order valence-corrected chi connectivity index (χ1v) is 6.08. The van der Waals surface area contributed by atoms with Crippen LogP contribution in [0, 0.1) is 5.92 Å². The summed E-state index contributed by atoms with van der Waals surface area (Å²) >= 11 is 3.36. The number of aromatic nitrogens is 1. The molecule has 1 saturated heterocycles. The Bertz CT molecular complexity index is 462. The van der Waals surface area contributed by atoms with Crippen LogP contribution in [0.15, 0.2) is 29.4 Å². The topological polar surface area (TPSA) is 42.4 Å². The average Bonchev–Trinajstić information content (AvgIpc) is 2.70. The van der Waals surface area contributed by atoms with Crippen molar-refractivity contribution in [2.24, 2.45) is 5.92 Å². The summed E-state index contributed by atoms with van der Waals surface area (Å²) in [6, 6.07) is 3.58. The van der Waals surface area contributed by atoms with Gasteiger partial charge < -0.3 is 9.64 Å². The second-order valence-electron chi connectivity index (χ2n) is 3.87. The smallest absolute Gasteiger partial charge is 0.227 e. The lowest BCUT2D eigenvalue weighted by Crippen LogP contribution is -2.24. The normalized spacial score (nSPS) is 19.5. The number of anilines is 1. The minimum absolute atomic E-state index is 0.0996. The van der Waals surface area contributed by atoms with Crippen LogP contribution in [-0.2, 0) is 4.79 Å². The molecule has 1 aliphatic heterocycles. The molecule has 2 rings (SSSR count). The van der Waals surface area contributed by atoms with Crippen LogP contribution in [0.3, 0.4) is 0 Å². The number of methoxy groups -OCH3 is 1. The van der Waals surface area contributed by atoms with Crippen LogP contribution < -0.4 is 9.64 Å². The third-order valence-corrected chi connectivity index (χ3v) is 3.38. The van der Waals surface area contributed by atoms with Crippen molar-refractivity contribution in [1.82, 2.24) is 4.98 Å². The SMILES string of the molecule is C=CC1CC(=O)N(c2ccc(OC)nc2Br)C1. The lowest BCUT2D eigenvalue weighted by atomic mass is 10.1. The molecule has 0 spiro atoms. The summed E-state index contributed by atoms with van der Waals surface area (Å²) in [5, 5.41) is 0. The molecular weight excluding hydrogens is 284 g/mol. The first-order valence-electron chi connectivity index (χ1n) is 5.29. The molecule has 17 heavy (non-hydrogen) atoms. The predicted molar refractivity (Wildman–Crippen MR) is 69.1 cm³/mol. The summed E-state index contributed by atoms with van der Waals surface area (Å²) < 4.78 is 5.64. The first kappa shape index (κ1) is 12.1. The lowest BCUT2D eigenvalue weighted by molar-refractivity contribution is -0.117. The van der Waals surface area contributed by atoms with Crippen molar-refractivity contribution in [3.8, 4) is 5.88 Å². The van der Waals surface area contributed by atoms with Gasteiger partial charge in [0.25, 0.3) is 0 Å². The van der Waals surface area contributed by atoms with Gasteiger partial charge in [0.15, 0.2) is 0 Å². The number of rotatable bonds is 3. The summed E-state index contributed by atoms with van der Waals surface area (Å²) in [4.78, 5) is 17.8. The van der Waals surface area contributed by atoms with Gasteiger partial charge >= 0.3 is 0 Å². The Morgan fingerprint density at radius 3 is 2.94 bits per heavy atom. The van der Waals surface area contributed by atoms with Crippen molar-refractivity contribution in [3.05, 3.63) is 29.4 Å². The van der Waals surface area contributed by atoms with E-state index in [1.54, 1.807) is 18.1 Å². The lowest BCUT2D eigenvalue weighted by Gasteiger charge is -2.17. The number of carbonyl (C=O) groups excluding carboxylic acids is 1. The van der Waals surface area contributed by atoms with Gasteiger partial charge in [-0.15, -0.1) is 6.58 Å². The Labute approximate surface area is 108 Å². The minimum atomic E-state index is 0.0996. The van der Waals surface area contributed by atoms with E-state index in [1.807, 2.05) is 12.1 Å². The quantitative estimate of drug-likeness (QED) is 0.635. The summed E-state index contributed by atoms with van der Waals surface area (Å²) in [5.74, 6) is 0.839. The second kappa shape index (κ2) is 4.87. The number of halogens is 1. The van der Waals surface area contributed by atoms with Crippen molar-refractivity contribution in [2.45, 2.75) is 6.42 Å². The highest BCUT2D eigenvalue weighted by Crippen LogP contribution is 2.31. The predicted octanol–water partition coefficient (Wildman–Crippen LogP) is 2.39. The molecule has 0 bridgehead atoms. The number of hydrogen-bond donors (Lipinski definition) is 0. The molecule has 1 fully saturated rings. The molecule has 90 valence electrons. The number of ether oxygens (including phenoxy) is 1. The maximum atomic E-state index is 11.8. The van der Waals surface area contributed by atoms with E-state index in [0.717, 1.165) is 5.69 Å². The Balaban J connectivity index is 2.28. The van der Waals surface area contributed by atoms with Gasteiger partial charge in [-0.05, 0) is 22.0 Å². The van der Waals surface area contributed by atoms with Gasteiger partial charge in [0.2, 0.25) is 11.8 Å². The Morgan fingerprint density at radius 1 is 1.65 bits per heavy atom. The van der Waals surface area contributed by atoms with Crippen LogP contribution in [-0.4, -0.2) is 24.5 Å². The zero-order chi connectivity index (χ0) is 12.4. The van der Waals surface area contributed by atoms with Gasteiger partial charge in [-0.3, -0.25) is 4.79 Å². The Kier molecular flexibility index (Phi) is 3.47. The molecule has 0 N–H and O–H groups in total. The Morgan fingerprint density at radius 2 is 2.41 bits per heavy atom. The largest absolute Gasteiger partial charge is 0.481 e. The number of carbonyl (C=O) groups is 1. The van der Waals surface area contributed by atoms with E-state index in [-0.39, 0.29) is 11.8 Å². The van der Waals surface area contributed by atoms with E-state index in [9.17, 15) is 4.79 Å². The van der Waals surface area contributed by atoms with Gasteiger partial charge in [0, 0.05) is 24.9 Å². The molecule has 1 unspecified atom stereocenters. The number of pyridine rings is 1. The molecule has 0 aliphatic carbocycles. The third-order valence-electron chi connectivity index (χ3n) is 2.79. The highest BCUT2D eigenvalue weighted by Gasteiger charge is 2.30. The molecule has 1 aliphatic rings. The highest BCUT2D eigenvalue weighted by atomic mass is 79.9. The molecule has 1 aromatic rings. The van der Waals surface area contributed by atoms with Gasteiger partial charge in [0.1, 0.15) is 4.60 Å². The third kappa shape index (κ3) is 2.34. The van der Waals surface area contributed by atoms with Gasteiger partial charge in [-0.2, -0.15) is 0 Å². The fraction of sp³-hybridized carbons (Fsp3) is 0.333. The molecule has 1 atom stereocenters. The molecular formula is C12H13BrN2O2. The Hall–Kier alpha value is -1.36. The van der Waals surface area contributed by atoms with E-state index >= 15 is 0 Å². The first-order chi connectivity index (χ1) is 8.15. The van der Waals surface area contributed by atoms with E-state index in [0.29, 0.717) is 23.4 Å². The van der Waals surface area contributed by atoms with Crippen molar-refractivity contribution >= 4 is 27.5 Å². The fourth-order valence-electron chi connectivity index (χ4n) is 1.85. The summed E-state index contributed by atoms with van der Waals surface area (Å²) in [6.45, 7) is 4.39. The number of nitrogens with zero attached hydrogens (tertiary/aromatic N) is 2. The zero-order valence-electron chi connectivity index (χ0n) is 9.52. The molecule has 0 aromatic carbocycles. The van der Waals surface area contributed by atoms with Crippen molar-refractivity contribution in [3.63, 3.8) is 0 Å². The molecule has 2 heterocycles. The summed E-state index contributed by atoms with van der Waals surface area (Å²) in [7, 11) is 1.56. The summed E-state index contributed by atoms with van der Waals surface area (Å²) in [5.41, 5.74) is 0.778. The monoisotopic (exact) mass is 296 g/mol. The molecule has 1 amide bonds. The van der Waals surface area contributed by atoms with Crippen LogP contribution in [0.1, 0.15) is 6.42 Å². The van der Waals surface area contributed by atoms with E-state index in [4.69, 9.17) is 4.74 Å². The van der Waals surface area contributed by atoms with Gasteiger partial charge in [0.05, 0.1) is 12.8 Å². The van der Waals surface area contributed by atoms with Crippen LogP contribution in [0.5, 0.6) is 5.88 Å². The molecule has 1 aromatic heterocycles. The number of hydrogen-bond acceptors (Lipinski definition) is 3. The maximum absolute atomic E-state index is 11.8. The summed E-state index contributed by atoms with van der Waals surface area (Å²) in [6.07, 6.45) is 2.34. The van der Waals surface area contributed by atoms with Gasteiger partial charge in [-0.1, -0.05) is 6.08 Å². The minimum Gasteiger partial charge on any atom is -0.481 e. The maximum Gasteiger partial charge on any atom is 0.227 e. The van der Waals surface area contributed by atoms with Crippen molar-refractivity contribution in [2.75, 3.05) is 18.6 Å². The van der Waals surface area contributed by atoms with E-state index in [1.165, 1.54) is 0 Å². The zero-order valence-corrected chi connectivity index (χ0v) is 11.1. The molecule has 0 saturated carbocycles. The standard InChI is InChI=1S/C12H13BrN2O2/c1-3-8-6-11(16)15(7-8)9-4-5-10(17-2)14-12(9)13/h3-5,8H,1,6-7H2,2H3. The van der Waals surface area contributed by atoms with Crippen molar-refractivity contribution in [1.29, 1.82) is 0 Å². The van der Waals surface area contributed by atoms with E-state index < -0.39 is 0 Å². The van der Waals surface area contributed by atoms with E-state index in [2.05, 4.69) is 27.5 Å². The molecule has 4 nitrogen and oxygen atoms in total. The van der Waals surface area contributed by atoms with Crippen LogP contribution in [0.2, 0.25) is 0 Å². The molecule has 0 radical (unpaired) electrons. The van der Waals surface area contributed by atoms with Crippen LogP contribution in [0.4, 0.5) is 5.69 Å². The highest BCUT2D eigenvalue weighted by molar-refractivity contribution is 9.10. The molecule has 5 heteroatoms. The second-order valence-corrected chi connectivity index (χ2v) is 4.62. The van der Waals surface area contributed by atoms with Gasteiger partial charge in [-0.25, -0.2) is 4.98 Å².